The Morgan fingerprint density at radius 1 is 1.00 bits per heavy atom. The van der Waals surface area contributed by atoms with Gasteiger partial charge in [-0.3, -0.25) is 0 Å². The van der Waals surface area contributed by atoms with E-state index in [1.54, 1.807) is 0 Å². The van der Waals surface area contributed by atoms with Crippen LogP contribution in [0.4, 0.5) is 0 Å². The number of nitrogens with one attached hydrogen (secondary N) is 2. The first kappa shape index (κ1) is 23.9. The molecule has 0 unspecified atom stereocenters. The summed E-state index contributed by atoms with van der Waals surface area (Å²) in [5.74, 6) is 0. The maximum absolute atomic E-state index is 5.50. The van der Waals surface area contributed by atoms with Crippen molar-refractivity contribution in [2.75, 3.05) is 13.6 Å². The fraction of sp³-hybridized carbons (Fsp3) is 0.769. The fourth-order valence-electron chi connectivity index (χ4n) is 0.767. The zero-order valence-electron chi connectivity index (χ0n) is 11.5. The van der Waals surface area contributed by atoms with Gasteiger partial charge in [0, 0.05) is 0 Å². The van der Waals surface area contributed by atoms with Crippen molar-refractivity contribution in [3.05, 3.63) is 12.7 Å². The Morgan fingerprint density at radius 3 is 1.80 bits per heavy atom. The first-order valence-electron chi connectivity index (χ1n) is 6.02. The van der Waals surface area contributed by atoms with Gasteiger partial charge < -0.3 is 10.7 Å². The first-order valence-corrected chi connectivity index (χ1v) is 6.02. The van der Waals surface area contributed by atoms with Crippen LogP contribution in [0, 0.1) is 5.41 Å². The minimum absolute atomic E-state index is 1.15. The topological polar surface area (TPSA) is 35.9 Å². The molecule has 94 valence electrons. The van der Waals surface area contributed by atoms with Gasteiger partial charge in [-0.15, -0.1) is 6.58 Å². The van der Waals surface area contributed by atoms with E-state index in [4.69, 9.17) is 5.41 Å². The second kappa shape index (κ2) is 50.4. The number of unbranched alkanes of at least 4 members (excludes halogenated alkanes) is 3. The van der Waals surface area contributed by atoms with E-state index in [-0.39, 0.29) is 0 Å². The minimum Gasteiger partial charge on any atom is -0.320 e. The second-order valence-corrected chi connectivity index (χ2v) is 2.24. The third-order valence-corrected chi connectivity index (χ3v) is 1.34. The largest absolute Gasteiger partial charge is 0.320 e. The van der Waals surface area contributed by atoms with Gasteiger partial charge in [-0.1, -0.05) is 40.2 Å². The highest BCUT2D eigenvalue weighted by atomic mass is 14.8. The van der Waals surface area contributed by atoms with E-state index in [9.17, 15) is 0 Å². The molecule has 0 aliphatic rings. The smallest absolute Gasteiger partial charge is 0.00519 e. The average molecular weight is 216 g/mol. The summed E-state index contributed by atoms with van der Waals surface area (Å²) in [6, 6.07) is 0. The molecule has 2 heteroatoms. The van der Waals surface area contributed by atoms with Gasteiger partial charge in [0.1, 0.15) is 0 Å². The van der Waals surface area contributed by atoms with Crippen LogP contribution in [-0.2, 0) is 0 Å². The molecule has 0 aromatic carbocycles. The van der Waals surface area contributed by atoms with Crippen molar-refractivity contribution in [1.82, 2.24) is 5.32 Å². The van der Waals surface area contributed by atoms with Crippen molar-refractivity contribution in [2.24, 2.45) is 0 Å². The molecule has 0 aromatic heterocycles. The predicted octanol–water partition coefficient (Wildman–Crippen LogP) is 4.27. The highest BCUT2D eigenvalue weighted by Crippen LogP contribution is 1.97. The van der Waals surface area contributed by atoms with Gasteiger partial charge in [0.05, 0.1) is 0 Å². The molecule has 0 saturated carbocycles. The molecular formula is C13H32N2. The predicted molar refractivity (Wildman–Crippen MR) is 75.1 cm³/mol. The summed E-state index contributed by atoms with van der Waals surface area (Å²) in [7, 11) is 1.99. The first-order chi connectivity index (χ1) is 7.41. The third kappa shape index (κ3) is 59.9. The van der Waals surface area contributed by atoms with Crippen LogP contribution in [0.5, 0.6) is 0 Å². The van der Waals surface area contributed by atoms with Crippen LogP contribution in [-0.4, -0.2) is 20.3 Å². The SMILES string of the molecule is C=CCCCCCNC.C=N.CC.CC. The van der Waals surface area contributed by atoms with Crippen molar-refractivity contribution < 1.29 is 0 Å². The number of hydrogen-bond acceptors (Lipinski definition) is 2. The van der Waals surface area contributed by atoms with Crippen molar-refractivity contribution >= 4 is 6.72 Å². The Balaban J connectivity index is -0.0000000860. The Kier molecular flexibility index (Phi) is 80.3. The standard InChI is InChI=1S/C8H17N.2C2H6.CH3N/c1-3-4-5-6-7-8-9-2;3*1-2/h3,9H,1,4-8H2,2H3;2*1-2H3;2H,1H2. The van der Waals surface area contributed by atoms with E-state index in [1.807, 2.05) is 40.8 Å². The summed E-state index contributed by atoms with van der Waals surface area (Å²) in [4.78, 5) is 0. The molecule has 0 aromatic rings. The molecular weight excluding hydrogens is 184 g/mol. The molecule has 0 heterocycles. The molecule has 15 heavy (non-hydrogen) atoms. The summed E-state index contributed by atoms with van der Waals surface area (Å²) in [6.45, 7) is 15.3. The monoisotopic (exact) mass is 216 g/mol. The zero-order valence-corrected chi connectivity index (χ0v) is 11.5. The van der Waals surface area contributed by atoms with Crippen LogP contribution in [0.2, 0.25) is 0 Å². The Hall–Kier alpha value is -0.630. The Bertz CT molecular complexity index is 72.9. The molecule has 0 atom stereocenters. The Morgan fingerprint density at radius 2 is 1.47 bits per heavy atom. The molecule has 2 N–H and O–H groups in total. The molecule has 0 amide bonds. The van der Waals surface area contributed by atoms with Crippen molar-refractivity contribution in [3.63, 3.8) is 0 Å². The van der Waals surface area contributed by atoms with Crippen LogP contribution in [0.25, 0.3) is 0 Å². The number of allylic oxidation sites excluding steroid dienone is 1. The average Bonchev–Trinajstić information content (AvgIpc) is 2.37. The number of hydrogen-bond donors (Lipinski definition) is 2. The molecule has 0 fully saturated rings. The minimum atomic E-state index is 1.15. The van der Waals surface area contributed by atoms with E-state index in [0.717, 1.165) is 6.54 Å². The normalized spacial score (nSPS) is 6.73. The molecule has 0 aliphatic carbocycles. The maximum atomic E-state index is 5.50. The van der Waals surface area contributed by atoms with Crippen molar-refractivity contribution in [2.45, 2.75) is 53.4 Å². The van der Waals surface area contributed by atoms with Gasteiger partial charge in [0.15, 0.2) is 0 Å². The lowest BCUT2D eigenvalue weighted by Crippen LogP contribution is -2.06. The fourth-order valence-corrected chi connectivity index (χ4v) is 0.767. The highest BCUT2D eigenvalue weighted by molar-refractivity contribution is 5.15. The summed E-state index contributed by atoms with van der Waals surface area (Å²) in [5, 5.41) is 8.62. The summed E-state index contributed by atoms with van der Waals surface area (Å²) < 4.78 is 0. The summed E-state index contributed by atoms with van der Waals surface area (Å²) in [6.07, 6.45) is 7.07. The van der Waals surface area contributed by atoms with Gasteiger partial charge in [0.2, 0.25) is 0 Å². The van der Waals surface area contributed by atoms with Crippen LogP contribution in [0.15, 0.2) is 12.7 Å². The van der Waals surface area contributed by atoms with Gasteiger partial charge in [0.25, 0.3) is 0 Å². The molecule has 0 radical (unpaired) electrons. The van der Waals surface area contributed by atoms with Crippen molar-refractivity contribution in [1.29, 1.82) is 5.41 Å². The van der Waals surface area contributed by atoms with E-state index in [2.05, 4.69) is 18.6 Å². The van der Waals surface area contributed by atoms with E-state index >= 15 is 0 Å². The molecule has 2 nitrogen and oxygen atoms in total. The van der Waals surface area contributed by atoms with Gasteiger partial charge in [-0.25, -0.2) is 0 Å². The van der Waals surface area contributed by atoms with Gasteiger partial charge in [-0.2, -0.15) is 0 Å². The van der Waals surface area contributed by atoms with E-state index in [0.29, 0.717) is 0 Å². The van der Waals surface area contributed by atoms with Crippen LogP contribution in [0.3, 0.4) is 0 Å². The summed E-state index contributed by atoms with van der Waals surface area (Å²) >= 11 is 0. The number of rotatable bonds is 6. The quantitative estimate of drug-likeness (QED) is 0.388. The molecule has 0 spiro atoms. The molecule has 0 aliphatic heterocycles. The second-order valence-electron chi connectivity index (χ2n) is 2.24. The van der Waals surface area contributed by atoms with Gasteiger partial charge >= 0.3 is 0 Å². The lowest BCUT2D eigenvalue weighted by atomic mass is 10.2. The molecule has 0 saturated heterocycles. The molecule has 0 bridgehead atoms. The maximum Gasteiger partial charge on any atom is -0.00519 e. The van der Waals surface area contributed by atoms with E-state index in [1.165, 1.54) is 25.7 Å². The van der Waals surface area contributed by atoms with E-state index < -0.39 is 0 Å². The van der Waals surface area contributed by atoms with Crippen LogP contribution < -0.4 is 5.32 Å². The van der Waals surface area contributed by atoms with Crippen LogP contribution in [0.1, 0.15) is 53.4 Å². The lowest BCUT2D eigenvalue weighted by Gasteiger charge is -1.96. The molecule has 0 rings (SSSR count). The van der Waals surface area contributed by atoms with Crippen molar-refractivity contribution in [3.8, 4) is 0 Å². The van der Waals surface area contributed by atoms with Crippen LogP contribution >= 0.6 is 0 Å². The third-order valence-electron chi connectivity index (χ3n) is 1.34. The highest BCUT2D eigenvalue weighted by Gasteiger charge is 1.83. The Labute approximate surface area is 97.7 Å². The van der Waals surface area contributed by atoms with Gasteiger partial charge in [-0.05, 0) is 39.6 Å². The summed E-state index contributed by atoms with van der Waals surface area (Å²) in [5.41, 5.74) is 0. The zero-order chi connectivity index (χ0) is 12.9. The lowest BCUT2D eigenvalue weighted by molar-refractivity contribution is 0.648.